The van der Waals surface area contributed by atoms with Crippen molar-refractivity contribution in [2.75, 3.05) is 0 Å². The summed E-state index contributed by atoms with van der Waals surface area (Å²) in [6, 6.07) is 0. The Labute approximate surface area is 80.3 Å². The number of nitrogens with zero attached hydrogens (tertiary/aromatic N) is 1. The number of ketones is 1. The minimum absolute atomic E-state index is 0.280. The average molecular weight is 230 g/mol. The van der Waals surface area contributed by atoms with Crippen LogP contribution in [0.4, 0.5) is 13.2 Å². The van der Waals surface area contributed by atoms with E-state index in [2.05, 4.69) is 4.98 Å². The maximum atomic E-state index is 12.2. The number of halogens is 4. The second-order valence-electron chi connectivity index (χ2n) is 2.20. The lowest BCUT2D eigenvalue weighted by atomic mass is 10.3. The molecule has 0 amide bonds. The fraction of sp³-hybridized carbons (Fsp3) is 0.333. The molecule has 1 rings (SSSR count). The van der Waals surface area contributed by atoms with Crippen LogP contribution < -0.4 is 0 Å². The van der Waals surface area contributed by atoms with Gasteiger partial charge in [-0.05, 0) is 0 Å². The van der Waals surface area contributed by atoms with Crippen molar-refractivity contribution in [2.24, 2.45) is 0 Å². The molecule has 72 valence electrons. The fourth-order valence-electron chi connectivity index (χ4n) is 0.725. The highest BCUT2D eigenvalue weighted by Crippen LogP contribution is 2.35. The van der Waals surface area contributed by atoms with Crippen molar-refractivity contribution in [3.8, 4) is 0 Å². The highest BCUT2D eigenvalue weighted by atomic mass is 35.5. The average Bonchev–Trinajstić information content (AvgIpc) is 2.29. The van der Waals surface area contributed by atoms with E-state index in [0.29, 0.717) is 11.3 Å². The molecule has 2 nitrogen and oxygen atoms in total. The summed E-state index contributed by atoms with van der Waals surface area (Å²) in [6.07, 6.45) is -4.62. The second-order valence-corrected chi connectivity index (χ2v) is 3.78. The van der Waals surface area contributed by atoms with Crippen molar-refractivity contribution in [3.63, 3.8) is 0 Å². The number of carbonyl (C=O) groups excluding carboxylic acids is 1. The SMILES string of the molecule is CC(=O)c1sc(Cl)nc1C(F)(F)F. The molecule has 0 bridgehead atoms. The lowest BCUT2D eigenvalue weighted by molar-refractivity contribution is -0.141. The van der Waals surface area contributed by atoms with E-state index < -0.39 is 22.5 Å². The topological polar surface area (TPSA) is 30.0 Å². The van der Waals surface area contributed by atoms with Gasteiger partial charge in [-0.15, -0.1) is 0 Å². The molecule has 0 fully saturated rings. The molecule has 0 aliphatic rings. The van der Waals surface area contributed by atoms with Gasteiger partial charge in [-0.2, -0.15) is 13.2 Å². The van der Waals surface area contributed by atoms with Crippen LogP contribution in [0, 0.1) is 0 Å². The molecule has 0 spiro atoms. The lowest BCUT2D eigenvalue weighted by Gasteiger charge is -2.02. The van der Waals surface area contributed by atoms with Gasteiger partial charge in [0.2, 0.25) is 0 Å². The normalized spacial score (nSPS) is 11.8. The highest BCUT2D eigenvalue weighted by molar-refractivity contribution is 7.17. The molecule has 0 aliphatic heterocycles. The summed E-state index contributed by atoms with van der Waals surface area (Å²) < 4.78 is 36.2. The molecule has 0 unspecified atom stereocenters. The zero-order valence-electron chi connectivity index (χ0n) is 6.28. The number of rotatable bonds is 1. The molecule has 0 atom stereocenters. The van der Waals surface area contributed by atoms with Crippen LogP contribution in [0.3, 0.4) is 0 Å². The molecule has 13 heavy (non-hydrogen) atoms. The summed E-state index contributed by atoms with van der Waals surface area (Å²) >= 11 is 5.80. The summed E-state index contributed by atoms with van der Waals surface area (Å²) in [7, 11) is 0. The first-order valence-electron chi connectivity index (χ1n) is 3.07. The fourth-order valence-corrected chi connectivity index (χ4v) is 1.75. The number of hydrogen-bond acceptors (Lipinski definition) is 3. The van der Waals surface area contributed by atoms with E-state index in [4.69, 9.17) is 11.6 Å². The Balaban J connectivity index is 3.28. The lowest BCUT2D eigenvalue weighted by Crippen LogP contribution is -2.10. The van der Waals surface area contributed by atoms with Crippen molar-refractivity contribution in [1.82, 2.24) is 4.98 Å². The Kier molecular flexibility index (Phi) is 2.63. The first kappa shape index (κ1) is 10.5. The van der Waals surface area contributed by atoms with Crippen LogP contribution in [0.2, 0.25) is 4.47 Å². The standard InChI is InChI=1S/C6H3ClF3NOS/c1-2(12)3-4(6(8,9)10)11-5(7)13-3/h1H3. The Morgan fingerprint density at radius 1 is 1.54 bits per heavy atom. The van der Waals surface area contributed by atoms with Crippen LogP contribution in [-0.2, 0) is 6.18 Å². The second kappa shape index (κ2) is 3.26. The first-order chi connectivity index (χ1) is 5.82. The van der Waals surface area contributed by atoms with Gasteiger partial charge in [0.15, 0.2) is 15.9 Å². The van der Waals surface area contributed by atoms with Gasteiger partial charge in [-0.1, -0.05) is 22.9 Å². The zero-order valence-corrected chi connectivity index (χ0v) is 7.85. The third kappa shape index (κ3) is 2.19. The summed E-state index contributed by atoms with van der Waals surface area (Å²) in [5.74, 6) is -0.684. The van der Waals surface area contributed by atoms with Gasteiger partial charge in [0.1, 0.15) is 4.88 Å². The summed E-state index contributed by atoms with van der Waals surface area (Å²) in [4.78, 5) is 13.3. The first-order valence-corrected chi connectivity index (χ1v) is 4.26. The summed E-state index contributed by atoms with van der Waals surface area (Å²) in [5, 5.41) is 0. The number of alkyl halides is 3. The molecule has 1 heterocycles. The third-order valence-corrected chi connectivity index (χ3v) is 2.45. The van der Waals surface area contributed by atoms with Gasteiger partial charge >= 0.3 is 6.18 Å². The number of carbonyl (C=O) groups is 1. The van der Waals surface area contributed by atoms with Crippen molar-refractivity contribution >= 4 is 28.7 Å². The molecule has 0 saturated carbocycles. The highest BCUT2D eigenvalue weighted by Gasteiger charge is 2.38. The quantitative estimate of drug-likeness (QED) is 0.693. The predicted octanol–water partition coefficient (Wildman–Crippen LogP) is 3.02. The van der Waals surface area contributed by atoms with Gasteiger partial charge < -0.3 is 0 Å². The number of Topliss-reactive ketones (excluding diaryl/α,β-unsaturated/α-hetero) is 1. The van der Waals surface area contributed by atoms with E-state index in [1.54, 1.807) is 0 Å². The molecule has 0 aromatic carbocycles. The summed E-state index contributed by atoms with van der Waals surface area (Å²) in [6.45, 7) is 1.04. The summed E-state index contributed by atoms with van der Waals surface area (Å²) in [5.41, 5.74) is -1.20. The minimum atomic E-state index is -4.62. The van der Waals surface area contributed by atoms with E-state index >= 15 is 0 Å². The zero-order chi connectivity index (χ0) is 10.2. The molecular weight excluding hydrogens is 227 g/mol. The van der Waals surface area contributed by atoms with Crippen LogP contribution >= 0.6 is 22.9 Å². The van der Waals surface area contributed by atoms with Crippen LogP contribution in [0.15, 0.2) is 0 Å². The van der Waals surface area contributed by atoms with Gasteiger partial charge in [0, 0.05) is 6.92 Å². The third-order valence-electron chi connectivity index (χ3n) is 1.19. The minimum Gasteiger partial charge on any atom is -0.294 e. The van der Waals surface area contributed by atoms with E-state index in [1.807, 2.05) is 0 Å². The molecule has 0 N–H and O–H groups in total. The maximum absolute atomic E-state index is 12.2. The van der Waals surface area contributed by atoms with E-state index in [1.165, 1.54) is 0 Å². The van der Waals surface area contributed by atoms with Crippen LogP contribution in [-0.4, -0.2) is 10.8 Å². The predicted molar refractivity (Wildman–Crippen MR) is 42.1 cm³/mol. The molecule has 7 heteroatoms. The molecular formula is C6H3ClF3NOS. The van der Waals surface area contributed by atoms with Crippen molar-refractivity contribution in [3.05, 3.63) is 15.0 Å². The van der Waals surface area contributed by atoms with Crippen molar-refractivity contribution in [2.45, 2.75) is 13.1 Å². The van der Waals surface area contributed by atoms with E-state index in [9.17, 15) is 18.0 Å². The van der Waals surface area contributed by atoms with Gasteiger partial charge in [-0.25, -0.2) is 4.98 Å². The number of aromatic nitrogens is 1. The van der Waals surface area contributed by atoms with Crippen molar-refractivity contribution in [1.29, 1.82) is 0 Å². The molecule has 1 aromatic rings. The van der Waals surface area contributed by atoms with Crippen molar-refractivity contribution < 1.29 is 18.0 Å². The Morgan fingerprint density at radius 3 is 2.38 bits per heavy atom. The maximum Gasteiger partial charge on any atom is 0.434 e. The van der Waals surface area contributed by atoms with E-state index in [0.717, 1.165) is 6.92 Å². The Hall–Kier alpha value is -0.620. The molecule has 0 aliphatic carbocycles. The smallest absolute Gasteiger partial charge is 0.294 e. The van der Waals surface area contributed by atoms with Crippen LogP contribution in [0.1, 0.15) is 22.3 Å². The molecule has 1 aromatic heterocycles. The monoisotopic (exact) mass is 229 g/mol. The van der Waals surface area contributed by atoms with E-state index in [-0.39, 0.29) is 4.47 Å². The number of thiazole rings is 1. The largest absolute Gasteiger partial charge is 0.434 e. The molecule has 0 radical (unpaired) electrons. The van der Waals surface area contributed by atoms with Gasteiger partial charge in [-0.3, -0.25) is 4.79 Å². The van der Waals surface area contributed by atoms with Crippen LogP contribution in [0.25, 0.3) is 0 Å². The Morgan fingerprint density at radius 2 is 2.08 bits per heavy atom. The van der Waals surface area contributed by atoms with Crippen LogP contribution in [0.5, 0.6) is 0 Å². The van der Waals surface area contributed by atoms with Gasteiger partial charge in [0.25, 0.3) is 0 Å². The number of hydrogen-bond donors (Lipinski definition) is 0. The van der Waals surface area contributed by atoms with Gasteiger partial charge in [0.05, 0.1) is 0 Å². The molecule has 0 saturated heterocycles. The Bertz CT molecular complexity index is 346.